The topological polar surface area (TPSA) is 81.5 Å². The van der Waals surface area contributed by atoms with Crippen molar-refractivity contribution in [3.8, 4) is 6.07 Å². The molecule has 0 bridgehead atoms. The van der Waals surface area contributed by atoms with E-state index >= 15 is 0 Å². The number of hydrogen-bond donors (Lipinski definition) is 0. The van der Waals surface area contributed by atoms with Crippen LogP contribution in [-0.2, 0) is 16.4 Å². The van der Waals surface area contributed by atoms with Gasteiger partial charge < -0.3 is 4.90 Å². The molecular formula is C21H21N3O3S. The number of nitrogens with zero attached hydrogens (tertiary/aromatic N) is 3. The van der Waals surface area contributed by atoms with E-state index in [2.05, 4.69) is 6.07 Å². The molecule has 2 atom stereocenters. The third-order valence-electron chi connectivity index (χ3n) is 5.40. The van der Waals surface area contributed by atoms with Gasteiger partial charge in [-0.25, -0.2) is 13.2 Å². The van der Waals surface area contributed by atoms with Gasteiger partial charge in [-0.15, -0.1) is 0 Å². The molecule has 2 aromatic rings. The molecule has 2 unspecified atom stereocenters. The van der Waals surface area contributed by atoms with Crippen LogP contribution in [0.1, 0.15) is 22.3 Å². The van der Waals surface area contributed by atoms with E-state index in [0.29, 0.717) is 12.1 Å². The lowest BCUT2D eigenvalue weighted by molar-refractivity contribution is 0.206. The number of rotatable bonds is 3. The van der Waals surface area contributed by atoms with Gasteiger partial charge in [-0.2, -0.15) is 5.26 Å². The molecule has 0 saturated carbocycles. The number of amides is 2. The first-order valence-corrected chi connectivity index (χ1v) is 11.0. The maximum atomic E-state index is 13.3. The Bertz CT molecular complexity index is 1070. The van der Waals surface area contributed by atoms with Gasteiger partial charge in [-0.3, -0.25) is 4.90 Å². The number of benzene rings is 2. The van der Waals surface area contributed by atoms with Crippen molar-refractivity contribution in [3.05, 3.63) is 64.7 Å². The summed E-state index contributed by atoms with van der Waals surface area (Å²) in [6, 6.07) is 14.1. The smallest absolute Gasteiger partial charge is 0.314 e. The summed E-state index contributed by atoms with van der Waals surface area (Å²) in [5, 5.41) is 8.95. The van der Waals surface area contributed by atoms with Crippen LogP contribution < -0.4 is 4.90 Å². The van der Waals surface area contributed by atoms with Crippen LogP contribution in [0.4, 0.5) is 10.5 Å². The largest absolute Gasteiger partial charge is 0.325 e. The number of anilines is 1. The molecule has 28 heavy (non-hydrogen) atoms. The van der Waals surface area contributed by atoms with Gasteiger partial charge in [0.05, 0.1) is 35.2 Å². The van der Waals surface area contributed by atoms with Gasteiger partial charge in [-0.05, 0) is 54.8 Å². The second-order valence-electron chi connectivity index (χ2n) is 7.65. The van der Waals surface area contributed by atoms with Crippen LogP contribution in [0.25, 0.3) is 0 Å². The fourth-order valence-electron chi connectivity index (χ4n) is 4.23. The lowest BCUT2D eigenvalue weighted by Gasteiger charge is -2.23. The Morgan fingerprint density at radius 1 is 1.04 bits per heavy atom. The van der Waals surface area contributed by atoms with Crippen LogP contribution in [0.15, 0.2) is 42.5 Å². The Hall–Kier alpha value is -2.85. The minimum Gasteiger partial charge on any atom is -0.314 e. The van der Waals surface area contributed by atoms with Gasteiger partial charge in [0.1, 0.15) is 0 Å². The Kier molecular flexibility index (Phi) is 4.39. The third-order valence-corrected chi connectivity index (χ3v) is 7.10. The summed E-state index contributed by atoms with van der Waals surface area (Å²) in [6.07, 6.45) is 0. The highest BCUT2D eigenvalue weighted by atomic mass is 32.2. The summed E-state index contributed by atoms with van der Waals surface area (Å²) in [4.78, 5) is 16.6. The summed E-state index contributed by atoms with van der Waals surface area (Å²) in [5.41, 5.74) is 4.24. The molecule has 0 N–H and O–H groups in total. The van der Waals surface area contributed by atoms with Crippen molar-refractivity contribution in [1.29, 1.82) is 5.26 Å². The molecule has 2 saturated heterocycles. The first-order chi connectivity index (χ1) is 13.3. The van der Waals surface area contributed by atoms with Crippen molar-refractivity contribution < 1.29 is 13.2 Å². The number of fused-ring (bicyclic) bond motifs is 1. The Morgan fingerprint density at radius 3 is 2.25 bits per heavy atom. The van der Waals surface area contributed by atoms with E-state index in [0.717, 1.165) is 22.4 Å². The predicted molar refractivity (Wildman–Crippen MR) is 107 cm³/mol. The van der Waals surface area contributed by atoms with Gasteiger partial charge in [0.15, 0.2) is 9.84 Å². The molecular weight excluding hydrogens is 374 g/mol. The van der Waals surface area contributed by atoms with Crippen LogP contribution in [0, 0.1) is 25.2 Å². The number of sulfone groups is 1. The lowest BCUT2D eigenvalue weighted by Crippen LogP contribution is -2.37. The standard InChI is InChI=1S/C21H21N3O3S/c1-14-7-15(2)9-18(8-14)24-20-13-28(26,27)12-19(20)23(21(24)25)11-17-5-3-16(10-22)4-6-17/h3-9,19-20H,11-13H2,1-2H3. The zero-order chi connectivity index (χ0) is 20.1. The fourth-order valence-corrected chi connectivity index (χ4v) is 6.18. The number of carbonyl (C=O) groups is 1. The van der Waals surface area contributed by atoms with Crippen molar-refractivity contribution >= 4 is 21.6 Å². The van der Waals surface area contributed by atoms with Gasteiger partial charge in [-0.1, -0.05) is 18.2 Å². The predicted octanol–water partition coefficient (Wildman–Crippen LogP) is 2.78. The van der Waals surface area contributed by atoms with E-state index in [4.69, 9.17) is 5.26 Å². The normalized spacial score (nSPS) is 23.0. The zero-order valence-electron chi connectivity index (χ0n) is 15.8. The van der Waals surface area contributed by atoms with E-state index in [9.17, 15) is 13.2 Å². The third kappa shape index (κ3) is 3.25. The van der Waals surface area contributed by atoms with Gasteiger partial charge in [0.2, 0.25) is 0 Å². The quantitative estimate of drug-likeness (QED) is 0.749. The SMILES string of the molecule is Cc1cc(C)cc(N2C(=O)N(Cc3ccc(C#N)cc3)C3CS(=O)(=O)CC32)c1. The minimum atomic E-state index is -3.20. The minimum absolute atomic E-state index is 0.0129. The summed E-state index contributed by atoms with van der Waals surface area (Å²) in [5.74, 6) is -0.0265. The molecule has 6 nitrogen and oxygen atoms in total. The molecule has 0 aromatic heterocycles. The first-order valence-electron chi connectivity index (χ1n) is 9.15. The molecule has 2 aliphatic rings. The summed E-state index contributed by atoms with van der Waals surface area (Å²) >= 11 is 0. The maximum Gasteiger partial charge on any atom is 0.325 e. The molecule has 0 spiro atoms. The van der Waals surface area contributed by atoms with Crippen molar-refractivity contribution in [2.45, 2.75) is 32.5 Å². The van der Waals surface area contributed by atoms with Gasteiger partial charge >= 0.3 is 6.03 Å². The van der Waals surface area contributed by atoms with Crippen LogP contribution in [0.3, 0.4) is 0 Å². The highest BCUT2D eigenvalue weighted by molar-refractivity contribution is 7.91. The molecule has 2 heterocycles. The van der Waals surface area contributed by atoms with Crippen LogP contribution >= 0.6 is 0 Å². The van der Waals surface area contributed by atoms with Crippen molar-refractivity contribution in [3.63, 3.8) is 0 Å². The van der Waals surface area contributed by atoms with Crippen molar-refractivity contribution in [2.75, 3.05) is 16.4 Å². The van der Waals surface area contributed by atoms with Crippen molar-refractivity contribution in [1.82, 2.24) is 4.90 Å². The Labute approximate surface area is 164 Å². The van der Waals surface area contributed by atoms with Crippen molar-refractivity contribution in [2.24, 2.45) is 0 Å². The molecule has 7 heteroatoms. The van der Waals surface area contributed by atoms with E-state index < -0.39 is 9.84 Å². The van der Waals surface area contributed by atoms with Gasteiger partial charge in [0, 0.05) is 12.2 Å². The number of aryl methyl sites for hydroxylation is 2. The monoisotopic (exact) mass is 395 g/mol. The molecule has 2 aliphatic heterocycles. The molecule has 2 amide bonds. The second-order valence-corrected chi connectivity index (χ2v) is 9.80. The van der Waals surface area contributed by atoms with E-state index in [1.807, 2.05) is 44.2 Å². The van der Waals surface area contributed by atoms with E-state index in [1.165, 1.54) is 0 Å². The molecule has 0 aliphatic carbocycles. The molecule has 0 radical (unpaired) electrons. The van der Waals surface area contributed by atoms with Crippen LogP contribution in [0.5, 0.6) is 0 Å². The Balaban J connectivity index is 1.71. The number of carbonyl (C=O) groups excluding carboxylic acids is 1. The number of nitriles is 1. The summed E-state index contributed by atoms with van der Waals surface area (Å²) in [7, 11) is -3.20. The molecule has 2 fully saturated rings. The average molecular weight is 395 g/mol. The van der Waals surface area contributed by atoms with Crippen LogP contribution in [0.2, 0.25) is 0 Å². The Morgan fingerprint density at radius 2 is 1.64 bits per heavy atom. The lowest BCUT2D eigenvalue weighted by atomic mass is 10.1. The highest BCUT2D eigenvalue weighted by Crippen LogP contribution is 2.36. The second kappa shape index (κ2) is 6.64. The molecule has 4 rings (SSSR count). The summed E-state index contributed by atoms with van der Waals surface area (Å²) in [6.45, 7) is 4.26. The molecule has 144 valence electrons. The first kappa shape index (κ1) is 18.5. The van der Waals surface area contributed by atoms with Gasteiger partial charge in [0.25, 0.3) is 0 Å². The molecule has 2 aromatic carbocycles. The van der Waals surface area contributed by atoms with Crippen LogP contribution in [-0.4, -0.2) is 42.9 Å². The zero-order valence-corrected chi connectivity index (χ0v) is 16.6. The summed E-state index contributed by atoms with van der Waals surface area (Å²) < 4.78 is 24.7. The highest BCUT2D eigenvalue weighted by Gasteiger charge is 2.53. The fraction of sp³-hybridized carbons (Fsp3) is 0.333. The average Bonchev–Trinajstić information content (AvgIpc) is 3.05. The maximum absolute atomic E-state index is 13.3. The number of hydrogen-bond acceptors (Lipinski definition) is 4. The number of urea groups is 1. The van der Waals surface area contributed by atoms with E-state index in [1.54, 1.807) is 21.9 Å². The van der Waals surface area contributed by atoms with E-state index in [-0.39, 0.29) is 29.6 Å².